The van der Waals surface area contributed by atoms with Crippen LogP contribution in [0.4, 0.5) is 0 Å². The van der Waals surface area contributed by atoms with Gasteiger partial charge in [0.1, 0.15) is 11.9 Å². The molecule has 1 amide bonds. The molecule has 0 saturated heterocycles. The normalized spacial score (nSPS) is 22.2. The standard InChI is InChI=1S/C13H14N4O/c1-2-12-14-15-13(18)11-8-10(16-17(11)12)9-6-4-3-5-7-9/h3-7,11H,2,8H2,1H3,(H,15,18). The summed E-state index contributed by atoms with van der Waals surface area (Å²) in [6.45, 7) is 2.00. The number of benzene rings is 1. The minimum absolute atomic E-state index is 0.0816. The van der Waals surface area contributed by atoms with Gasteiger partial charge < -0.3 is 0 Å². The molecule has 1 aromatic rings. The zero-order chi connectivity index (χ0) is 12.5. The maximum atomic E-state index is 11.8. The highest BCUT2D eigenvalue weighted by Crippen LogP contribution is 2.23. The number of hydrazone groups is 2. The van der Waals surface area contributed by atoms with E-state index in [1.165, 1.54) is 0 Å². The van der Waals surface area contributed by atoms with Gasteiger partial charge >= 0.3 is 0 Å². The summed E-state index contributed by atoms with van der Waals surface area (Å²) in [4.78, 5) is 11.8. The number of carbonyl (C=O) groups is 1. The van der Waals surface area contributed by atoms with Crippen LogP contribution in [-0.4, -0.2) is 28.5 Å². The number of amidine groups is 1. The number of hydrogen-bond donors (Lipinski definition) is 1. The predicted molar refractivity (Wildman–Crippen MR) is 69.1 cm³/mol. The first kappa shape index (κ1) is 11.0. The van der Waals surface area contributed by atoms with Crippen molar-refractivity contribution in [1.82, 2.24) is 10.4 Å². The van der Waals surface area contributed by atoms with Crippen molar-refractivity contribution in [2.45, 2.75) is 25.8 Å². The summed E-state index contributed by atoms with van der Waals surface area (Å²) in [6.07, 6.45) is 1.39. The SMILES string of the molecule is CCC1=NNC(=O)C2CC(c3ccccc3)=NN12. The number of carbonyl (C=O) groups excluding carboxylic acids is 1. The lowest BCUT2D eigenvalue weighted by Crippen LogP contribution is -2.48. The van der Waals surface area contributed by atoms with Crippen LogP contribution < -0.4 is 5.43 Å². The molecule has 1 unspecified atom stereocenters. The maximum absolute atomic E-state index is 11.8. The second kappa shape index (κ2) is 4.25. The van der Waals surface area contributed by atoms with E-state index in [0.29, 0.717) is 6.42 Å². The molecule has 1 aromatic carbocycles. The van der Waals surface area contributed by atoms with Gasteiger partial charge in [0.25, 0.3) is 5.91 Å². The van der Waals surface area contributed by atoms with E-state index in [1.807, 2.05) is 37.3 Å². The Morgan fingerprint density at radius 2 is 2.17 bits per heavy atom. The Morgan fingerprint density at radius 3 is 2.89 bits per heavy atom. The lowest BCUT2D eigenvalue weighted by atomic mass is 10.0. The van der Waals surface area contributed by atoms with E-state index < -0.39 is 0 Å². The number of amides is 1. The van der Waals surface area contributed by atoms with E-state index >= 15 is 0 Å². The topological polar surface area (TPSA) is 57.1 Å². The third-order valence-corrected chi connectivity index (χ3v) is 3.20. The largest absolute Gasteiger partial charge is 0.271 e. The Hall–Kier alpha value is -2.17. The summed E-state index contributed by atoms with van der Waals surface area (Å²) < 4.78 is 0. The fourth-order valence-corrected chi connectivity index (χ4v) is 2.24. The average Bonchev–Trinajstić information content (AvgIpc) is 2.86. The monoisotopic (exact) mass is 242 g/mol. The van der Waals surface area contributed by atoms with E-state index in [4.69, 9.17) is 0 Å². The third kappa shape index (κ3) is 1.68. The Labute approximate surface area is 105 Å². The first-order valence-corrected chi connectivity index (χ1v) is 6.08. The van der Waals surface area contributed by atoms with Crippen LogP contribution >= 0.6 is 0 Å². The molecule has 18 heavy (non-hydrogen) atoms. The molecule has 5 heteroatoms. The smallest absolute Gasteiger partial charge is 0.265 e. The first-order valence-electron chi connectivity index (χ1n) is 6.08. The highest BCUT2D eigenvalue weighted by molar-refractivity contribution is 6.08. The van der Waals surface area contributed by atoms with Crippen molar-refractivity contribution in [2.24, 2.45) is 10.2 Å². The van der Waals surface area contributed by atoms with E-state index in [0.717, 1.165) is 23.5 Å². The summed E-state index contributed by atoms with van der Waals surface area (Å²) in [6, 6.07) is 9.70. The fourth-order valence-electron chi connectivity index (χ4n) is 2.24. The minimum atomic E-state index is -0.243. The van der Waals surface area contributed by atoms with E-state index in [-0.39, 0.29) is 11.9 Å². The lowest BCUT2D eigenvalue weighted by Gasteiger charge is -2.26. The molecule has 3 rings (SSSR count). The molecule has 0 spiro atoms. The van der Waals surface area contributed by atoms with Crippen LogP contribution in [0.25, 0.3) is 0 Å². The van der Waals surface area contributed by atoms with Crippen molar-refractivity contribution >= 4 is 17.5 Å². The van der Waals surface area contributed by atoms with Gasteiger partial charge in [0.15, 0.2) is 0 Å². The van der Waals surface area contributed by atoms with E-state index in [1.54, 1.807) is 5.01 Å². The second-order valence-corrected chi connectivity index (χ2v) is 4.33. The zero-order valence-corrected chi connectivity index (χ0v) is 10.1. The number of hydrogen-bond acceptors (Lipinski definition) is 4. The number of nitrogens with one attached hydrogen (secondary N) is 1. The molecule has 0 fully saturated rings. The van der Waals surface area contributed by atoms with Crippen LogP contribution in [0.2, 0.25) is 0 Å². The van der Waals surface area contributed by atoms with E-state index in [2.05, 4.69) is 15.6 Å². The molecule has 92 valence electrons. The third-order valence-electron chi connectivity index (χ3n) is 3.20. The highest BCUT2D eigenvalue weighted by Gasteiger charge is 2.37. The van der Waals surface area contributed by atoms with Crippen molar-refractivity contribution in [3.05, 3.63) is 35.9 Å². The summed E-state index contributed by atoms with van der Waals surface area (Å²) in [7, 11) is 0. The van der Waals surface area contributed by atoms with Crippen LogP contribution in [-0.2, 0) is 4.79 Å². The average molecular weight is 242 g/mol. The number of nitrogens with zero attached hydrogens (tertiary/aromatic N) is 3. The van der Waals surface area contributed by atoms with Crippen molar-refractivity contribution in [3.63, 3.8) is 0 Å². The molecule has 0 aliphatic carbocycles. The molecular formula is C13H14N4O. The van der Waals surface area contributed by atoms with Gasteiger partial charge in [-0.05, 0) is 5.56 Å². The van der Waals surface area contributed by atoms with Gasteiger partial charge in [0.05, 0.1) is 5.71 Å². The molecular weight excluding hydrogens is 228 g/mol. The van der Waals surface area contributed by atoms with Crippen molar-refractivity contribution < 1.29 is 4.79 Å². The van der Waals surface area contributed by atoms with Crippen molar-refractivity contribution in [3.8, 4) is 0 Å². The molecule has 2 aliphatic heterocycles. The molecule has 1 N–H and O–H groups in total. The Balaban J connectivity index is 1.94. The Kier molecular flexibility index (Phi) is 2.59. The van der Waals surface area contributed by atoms with Crippen molar-refractivity contribution in [1.29, 1.82) is 0 Å². The fraction of sp³-hybridized carbons (Fsp3) is 0.308. The molecule has 2 heterocycles. The molecule has 0 aromatic heterocycles. The highest BCUT2D eigenvalue weighted by atomic mass is 16.2. The van der Waals surface area contributed by atoms with Gasteiger partial charge in [-0.2, -0.15) is 10.2 Å². The molecule has 5 nitrogen and oxygen atoms in total. The van der Waals surface area contributed by atoms with Crippen LogP contribution in [0.1, 0.15) is 25.3 Å². The van der Waals surface area contributed by atoms with Gasteiger partial charge in [-0.3, -0.25) is 4.79 Å². The lowest BCUT2D eigenvalue weighted by molar-refractivity contribution is -0.125. The van der Waals surface area contributed by atoms with Gasteiger partial charge in [0, 0.05) is 12.8 Å². The van der Waals surface area contributed by atoms with Gasteiger partial charge in [-0.1, -0.05) is 37.3 Å². The number of fused-ring (bicyclic) bond motifs is 1. The maximum Gasteiger partial charge on any atom is 0.265 e. The summed E-state index contributed by atoms with van der Waals surface area (Å²) >= 11 is 0. The predicted octanol–water partition coefficient (Wildman–Crippen LogP) is 1.32. The van der Waals surface area contributed by atoms with Gasteiger partial charge in [-0.25, -0.2) is 10.4 Å². The Bertz CT molecular complexity index is 535. The van der Waals surface area contributed by atoms with Crippen molar-refractivity contribution in [2.75, 3.05) is 0 Å². The second-order valence-electron chi connectivity index (χ2n) is 4.33. The molecule has 0 saturated carbocycles. The molecule has 1 atom stereocenters. The Morgan fingerprint density at radius 1 is 1.39 bits per heavy atom. The molecule has 0 bridgehead atoms. The van der Waals surface area contributed by atoms with Gasteiger partial charge in [-0.15, -0.1) is 0 Å². The van der Waals surface area contributed by atoms with Crippen LogP contribution in [0.3, 0.4) is 0 Å². The minimum Gasteiger partial charge on any atom is -0.271 e. The first-order chi connectivity index (χ1) is 8.79. The van der Waals surface area contributed by atoms with Crippen LogP contribution in [0.15, 0.2) is 40.5 Å². The number of rotatable bonds is 2. The summed E-state index contributed by atoms with van der Waals surface area (Å²) in [5.41, 5.74) is 4.57. The summed E-state index contributed by atoms with van der Waals surface area (Å²) in [5, 5.41) is 10.3. The quantitative estimate of drug-likeness (QED) is 0.850. The molecule has 2 aliphatic rings. The van der Waals surface area contributed by atoms with Crippen LogP contribution in [0, 0.1) is 0 Å². The van der Waals surface area contributed by atoms with Gasteiger partial charge in [0.2, 0.25) is 0 Å². The zero-order valence-electron chi connectivity index (χ0n) is 10.1. The molecule has 0 radical (unpaired) electrons. The summed E-state index contributed by atoms with van der Waals surface area (Å²) in [5.74, 6) is 0.729. The van der Waals surface area contributed by atoms with E-state index in [9.17, 15) is 4.79 Å². The van der Waals surface area contributed by atoms with Crippen LogP contribution in [0.5, 0.6) is 0 Å².